The number of nitrogens with one attached hydrogen (secondary N) is 2. The first-order valence-electron chi connectivity index (χ1n) is 8.21. The zero-order chi connectivity index (χ0) is 18.3. The van der Waals surface area contributed by atoms with E-state index < -0.39 is 6.43 Å². The van der Waals surface area contributed by atoms with Gasteiger partial charge in [0.25, 0.3) is 6.43 Å². The van der Waals surface area contributed by atoms with Gasteiger partial charge in [0.05, 0.1) is 6.20 Å². The van der Waals surface area contributed by atoms with Crippen molar-refractivity contribution in [3.8, 4) is 0 Å². The highest BCUT2D eigenvalue weighted by Crippen LogP contribution is 2.43. The largest absolute Gasteiger partial charge is 0.348 e. The molecule has 2 aliphatic rings. The molecule has 1 aromatic heterocycles. The van der Waals surface area contributed by atoms with E-state index in [1.165, 1.54) is 10.8 Å². The Morgan fingerprint density at radius 1 is 1.38 bits per heavy atom. The lowest BCUT2D eigenvalue weighted by Gasteiger charge is -2.19. The number of rotatable bonds is 6. The first kappa shape index (κ1) is 17.2. The Kier molecular flexibility index (Phi) is 4.52. The van der Waals surface area contributed by atoms with Gasteiger partial charge in [-0.2, -0.15) is 5.10 Å². The van der Waals surface area contributed by atoms with Crippen molar-refractivity contribution >= 4 is 23.1 Å². The second-order valence-corrected chi connectivity index (χ2v) is 6.56. The highest BCUT2D eigenvalue weighted by atomic mass is 35.5. The normalized spacial score (nSPS) is 21.4. The molecule has 4 rings (SSSR count). The van der Waals surface area contributed by atoms with Crippen LogP contribution in [0.5, 0.6) is 0 Å². The number of nitrogens with zero attached hydrogens (tertiary/aromatic N) is 2. The molecule has 0 amide bonds. The van der Waals surface area contributed by atoms with Crippen LogP contribution in [-0.4, -0.2) is 29.0 Å². The Morgan fingerprint density at radius 2 is 2.19 bits per heavy atom. The monoisotopic (exact) mass is 378 g/mol. The zero-order valence-electron chi connectivity index (χ0n) is 13.8. The van der Waals surface area contributed by atoms with E-state index in [2.05, 4.69) is 22.3 Å². The molecule has 2 aliphatic heterocycles. The molecule has 0 saturated carbocycles. The van der Waals surface area contributed by atoms with Gasteiger partial charge in [-0.05, 0) is 24.1 Å². The van der Waals surface area contributed by atoms with Crippen molar-refractivity contribution in [2.45, 2.75) is 25.2 Å². The summed E-state index contributed by atoms with van der Waals surface area (Å²) in [5, 5.41) is 11.1. The van der Waals surface area contributed by atoms with E-state index in [-0.39, 0.29) is 18.0 Å². The second-order valence-electron chi connectivity index (χ2n) is 6.15. The van der Waals surface area contributed by atoms with Crippen LogP contribution < -0.4 is 10.6 Å². The van der Waals surface area contributed by atoms with Crippen LogP contribution in [0.3, 0.4) is 0 Å². The maximum Gasteiger partial charge on any atom is 0.280 e. The van der Waals surface area contributed by atoms with E-state index in [1.54, 1.807) is 6.20 Å². The molecule has 0 aliphatic carbocycles. The molecule has 2 atom stereocenters. The summed E-state index contributed by atoms with van der Waals surface area (Å²) in [5.74, 6) is 0.480. The summed E-state index contributed by atoms with van der Waals surface area (Å²) in [6, 6.07) is 7.69. The Labute approximate surface area is 154 Å². The van der Waals surface area contributed by atoms with Gasteiger partial charge in [0.15, 0.2) is 0 Å². The summed E-state index contributed by atoms with van der Waals surface area (Å²) < 4.78 is 33.2. The molecule has 2 N–H and O–H groups in total. The number of anilines is 1. The van der Waals surface area contributed by atoms with Gasteiger partial charge in [-0.3, -0.25) is 5.32 Å². The predicted octanol–water partition coefficient (Wildman–Crippen LogP) is 3.81. The summed E-state index contributed by atoms with van der Waals surface area (Å²) in [4.78, 5) is 0. The van der Waals surface area contributed by atoms with E-state index in [4.69, 9.17) is 16.3 Å². The van der Waals surface area contributed by atoms with E-state index in [0.29, 0.717) is 18.1 Å². The molecular formula is C18H17ClF2N4O. The fraction of sp³-hybridized carbons (Fsp3) is 0.278. The Balaban J connectivity index is 1.40. The average molecular weight is 379 g/mol. The minimum Gasteiger partial charge on any atom is -0.348 e. The zero-order valence-corrected chi connectivity index (χ0v) is 14.5. The lowest BCUT2D eigenvalue weighted by molar-refractivity contribution is 0.206. The molecule has 0 spiro atoms. The first-order valence-corrected chi connectivity index (χ1v) is 8.58. The molecular weight excluding hydrogens is 362 g/mol. The fourth-order valence-electron chi connectivity index (χ4n) is 3.03. The Morgan fingerprint density at radius 3 is 2.96 bits per heavy atom. The molecule has 8 heteroatoms. The van der Waals surface area contributed by atoms with Gasteiger partial charge < -0.3 is 10.1 Å². The SMILES string of the molecule is C=C1C=C(C(F)F)n2ncc(C3OC3NCCc3ccccc3Cl)c2N1. The van der Waals surface area contributed by atoms with Crippen LogP contribution in [0.2, 0.25) is 5.02 Å². The van der Waals surface area contributed by atoms with E-state index >= 15 is 0 Å². The van der Waals surface area contributed by atoms with Crippen molar-refractivity contribution in [1.82, 2.24) is 15.1 Å². The van der Waals surface area contributed by atoms with E-state index in [9.17, 15) is 8.78 Å². The molecule has 0 radical (unpaired) electrons. The van der Waals surface area contributed by atoms with Crippen molar-refractivity contribution < 1.29 is 13.5 Å². The van der Waals surface area contributed by atoms with Crippen LogP contribution in [0.4, 0.5) is 14.6 Å². The molecule has 5 nitrogen and oxygen atoms in total. The molecule has 2 unspecified atom stereocenters. The van der Waals surface area contributed by atoms with Gasteiger partial charge in [-0.1, -0.05) is 36.4 Å². The first-order chi connectivity index (χ1) is 12.5. The molecule has 2 aromatic rings. The van der Waals surface area contributed by atoms with Crippen molar-refractivity contribution in [2.75, 3.05) is 11.9 Å². The molecule has 26 heavy (non-hydrogen) atoms. The molecule has 1 saturated heterocycles. The van der Waals surface area contributed by atoms with Crippen LogP contribution in [0.15, 0.2) is 48.8 Å². The van der Waals surface area contributed by atoms with E-state index in [0.717, 1.165) is 22.6 Å². The van der Waals surface area contributed by atoms with Crippen LogP contribution in [0.25, 0.3) is 5.70 Å². The summed E-state index contributed by atoms with van der Waals surface area (Å²) in [7, 11) is 0. The third-order valence-electron chi connectivity index (χ3n) is 4.36. The van der Waals surface area contributed by atoms with E-state index in [1.807, 2.05) is 24.3 Å². The number of epoxide rings is 1. The lowest BCUT2D eigenvalue weighted by atomic mass is 10.1. The van der Waals surface area contributed by atoms with Crippen molar-refractivity contribution in [3.05, 3.63) is 65.0 Å². The van der Waals surface area contributed by atoms with Gasteiger partial charge in [-0.15, -0.1) is 0 Å². The number of benzene rings is 1. The van der Waals surface area contributed by atoms with Crippen molar-refractivity contribution in [2.24, 2.45) is 0 Å². The maximum absolute atomic E-state index is 13.2. The van der Waals surface area contributed by atoms with Crippen molar-refractivity contribution in [3.63, 3.8) is 0 Å². The maximum atomic E-state index is 13.2. The lowest BCUT2D eigenvalue weighted by Crippen LogP contribution is -2.21. The third-order valence-corrected chi connectivity index (χ3v) is 4.73. The standard InChI is InChI=1S/C18H17ClF2N4O/c1-10-8-14(16(20)21)25-17(24-10)12(9-23-25)15-18(26-15)22-7-6-11-4-2-3-5-13(11)19/h2-5,8-9,15-16,18,22,24H,1,6-7H2. The van der Waals surface area contributed by atoms with Gasteiger partial charge >= 0.3 is 0 Å². The quantitative estimate of drug-likeness (QED) is 0.750. The summed E-state index contributed by atoms with van der Waals surface area (Å²) in [6.45, 7) is 4.42. The predicted molar refractivity (Wildman–Crippen MR) is 96.0 cm³/mol. The minimum atomic E-state index is -2.63. The highest BCUT2D eigenvalue weighted by molar-refractivity contribution is 6.31. The highest BCUT2D eigenvalue weighted by Gasteiger charge is 2.43. The van der Waals surface area contributed by atoms with Gasteiger partial charge in [-0.25, -0.2) is 13.5 Å². The minimum absolute atomic E-state index is 0.178. The summed E-state index contributed by atoms with van der Waals surface area (Å²) >= 11 is 6.14. The summed E-state index contributed by atoms with van der Waals surface area (Å²) in [5.41, 5.74) is 2.00. The number of halogens is 3. The molecule has 3 heterocycles. The van der Waals surface area contributed by atoms with Gasteiger partial charge in [0.1, 0.15) is 23.8 Å². The third kappa shape index (κ3) is 3.25. The number of fused-ring (bicyclic) bond motifs is 1. The van der Waals surface area contributed by atoms with Crippen LogP contribution in [0, 0.1) is 0 Å². The topological polar surface area (TPSA) is 54.4 Å². The van der Waals surface area contributed by atoms with Gasteiger partial charge in [0, 0.05) is 22.8 Å². The average Bonchev–Trinajstić information content (AvgIpc) is 3.25. The molecule has 136 valence electrons. The number of allylic oxidation sites excluding steroid dienone is 2. The Bertz CT molecular complexity index is 880. The smallest absolute Gasteiger partial charge is 0.280 e. The number of hydrogen-bond donors (Lipinski definition) is 2. The molecule has 0 bridgehead atoms. The van der Waals surface area contributed by atoms with Crippen LogP contribution in [-0.2, 0) is 11.2 Å². The number of alkyl halides is 2. The fourth-order valence-corrected chi connectivity index (χ4v) is 3.26. The number of aromatic nitrogens is 2. The molecule has 1 aromatic carbocycles. The van der Waals surface area contributed by atoms with Crippen LogP contribution >= 0.6 is 11.6 Å². The number of hydrogen-bond acceptors (Lipinski definition) is 4. The van der Waals surface area contributed by atoms with Crippen LogP contribution in [0.1, 0.15) is 17.2 Å². The second kappa shape index (κ2) is 6.83. The van der Waals surface area contributed by atoms with Gasteiger partial charge in [0.2, 0.25) is 0 Å². The Hall–Kier alpha value is -2.22. The number of ether oxygens (including phenoxy) is 1. The van der Waals surface area contributed by atoms with Crippen molar-refractivity contribution in [1.29, 1.82) is 0 Å². The summed E-state index contributed by atoms with van der Waals surface area (Å²) in [6.07, 6.45) is 0.569. The molecule has 1 fully saturated rings.